The SMILES string of the molecule is N#Cc1ccccc1-c1ncc(-c2ccccc2)cn1. The van der Waals surface area contributed by atoms with Gasteiger partial charge in [0.25, 0.3) is 0 Å². The topological polar surface area (TPSA) is 49.6 Å². The van der Waals surface area contributed by atoms with Gasteiger partial charge in [0.2, 0.25) is 0 Å². The van der Waals surface area contributed by atoms with Gasteiger partial charge in [-0.05, 0) is 17.7 Å². The predicted molar refractivity (Wildman–Crippen MR) is 77.6 cm³/mol. The Morgan fingerprint density at radius 1 is 0.750 bits per heavy atom. The summed E-state index contributed by atoms with van der Waals surface area (Å²) in [5.74, 6) is 0.571. The monoisotopic (exact) mass is 257 g/mol. The molecule has 1 aromatic heterocycles. The van der Waals surface area contributed by atoms with Crippen molar-refractivity contribution in [3.05, 3.63) is 72.6 Å². The molecule has 0 aliphatic heterocycles. The Hall–Kier alpha value is -2.99. The van der Waals surface area contributed by atoms with E-state index in [1.807, 2.05) is 48.5 Å². The van der Waals surface area contributed by atoms with Gasteiger partial charge in [-0.25, -0.2) is 9.97 Å². The Morgan fingerprint density at radius 2 is 1.40 bits per heavy atom. The zero-order chi connectivity index (χ0) is 13.8. The molecular weight excluding hydrogens is 246 g/mol. The third-order valence-corrected chi connectivity index (χ3v) is 3.05. The lowest BCUT2D eigenvalue weighted by atomic mass is 10.1. The normalized spacial score (nSPS) is 9.95. The summed E-state index contributed by atoms with van der Waals surface area (Å²) in [6.07, 6.45) is 3.57. The van der Waals surface area contributed by atoms with E-state index in [0.29, 0.717) is 11.4 Å². The maximum atomic E-state index is 9.11. The molecule has 2 aromatic carbocycles. The highest BCUT2D eigenvalue weighted by Gasteiger charge is 2.07. The van der Waals surface area contributed by atoms with Gasteiger partial charge in [0.15, 0.2) is 5.82 Å². The first-order valence-corrected chi connectivity index (χ1v) is 6.25. The van der Waals surface area contributed by atoms with Gasteiger partial charge in [-0.2, -0.15) is 5.26 Å². The van der Waals surface area contributed by atoms with Crippen LogP contribution in [0.25, 0.3) is 22.5 Å². The number of rotatable bonds is 2. The van der Waals surface area contributed by atoms with Crippen LogP contribution in [-0.4, -0.2) is 9.97 Å². The zero-order valence-electron chi connectivity index (χ0n) is 10.7. The minimum Gasteiger partial charge on any atom is -0.236 e. The minimum atomic E-state index is 0.571. The molecule has 0 bridgehead atoms. The van der Waals surface area contributed by atoms with Gasteiger partial charge >= 0.3 is 0 Å². The zero-order valence-corrected chi connectivity index (χ0v) is 10.7. The van der Waals surface area contributed by atoms with Crippen molar-refractivity contribution in [1.82, 2.24) is 9.97 Å². The van der Waals surface area contributed by atoms with Gasteiger partial charge < -0.3 is 0 Å². The molecule has 1 heterocycles. The van der Waals surface area contributed by atoms with E-state index < -0.39 is 0 Å². The lowest BCUT2D eigenvalue weighted by molar-refractivity contribution is 1.17. The average Bonchev–Trinajstić information content (AvgIpc) is 2.56. The lowest BCUT2D eigenvalue weighted by Gasteiger charge is -2.04. The van der Waals surface area contributed by atoms with Crippen LogP contribution in [0, 0.1) is 11.3 Å². The first-order chi connectivity index (χ1) is 9.88. The molecule has 0 unspecified atom stereocenters. The van der Waals surface area contributed by atoms with Crippen molar-refractivity contribution in [2.75, 3.05) is 0 Å². The van der Waals surface area contributed by atoms with Crippen LogP contribution in [0.1, 0.15) is 5.56 Å². The summed E-state index contributed by atoms with van der Waals surface area (Å²) in [4.78, 5) is 8.74. The number of hydrogen-bond acceptors (Lipinski definition) is 3. The summed E-state index contributed by atoms with van der Waals surface area (Å²) in [5, 5.41) is 9.11. The Bertz CT molecular complexity index is 756. The van der Waals surface area contributed by atoms with E-state index in [-0.39, 0.29) is 0 Å². The quantitative estimate of drug-likeness (QED) is 0.703. The standard InChI is InChI=1S/C17H11N3/c18-10-14-8-4-5-9-16(14)17-19-11-15(12-20-17)13-6-2-1-3-7-13/h1-9,11-12H. The molecule has 3 heteroatoms. The molecule has 0 radical (unpaired) electrons. The highest BCUT2D eigenvalue weighted by atomic mass is 14.9. The average molecular weight is 257 g/mol. The lowest BCUT2D eigenvalue weighted by Crippen LogP contribution is -1.92. The number of nitriles is 1. The summed E-state index contributed by atoms with van der Waals surface area (Å²) >= 11 is 0. The van der Waals surface area contributed by atoms with Gasteiger partial charge in [0.05, 0.1) is 11.6 Å². The first kappa shape index (κ1) is 12.1. The van der Waals surface area contributed by atoms with Crippen molar-refractivity contribution < 1.29 is 0 Å². The first-order valence-electron chi connectivity index (χ1n) is 6.25. The number of benzene rings is 2. The molecule has 3 nitrogen and oxygen atoms in total. The van der Waals surface area contributed by atoms with Crippen molar-refractivity contribution in [1.29, 1.82) is 5.26 Å². The van der Waals surface area contributed by atoms with E-state index in [2.05, 4.69) is 16.0 Å². The van der Waals surface area contributed by atoms with Crippen LogP contribution >= 0.6 is 0 Å². The van der Waals surface area contributed by atoms with Crippen LogP contribution in [0.3, 0.4) is 0 Å². The Kier molecular flexibility index (Phi) is 3.22. The van der Waals surface area contributed by atoms with Crippen LogP contribution in [0.15, 0.2) is 67.0 Å². The van der Waals surface area contributed by atoms with Crippen LogP contribution in [0.5, 0.6) is 0 Å². The maximum Gasteiger partial charge on any atom is 0.160 e. The molecular formula is C17H11N3. The molecule has 3 rings (SSSR count). The molecule has 0 saturated heterocycles. The molecule has 0 aliphatic rings. The maximum absolute atomic E-state index is 9.11. The summed E-state index contributed by atoms with van der Waals surface area (Å²) < 4.78 is 0. The van der Waals surface area contributed by atoms with Gasteiger partial charge in [-0.15, -0.1) is 0 Å². The third-order valence-electron chi connectivity index (χ3n) is 3.05. The van der Waals surface area contributed by atoms with Gasteiger partial charge in [-0.3, -0.25) is 0 Å². The molecule has 0 atom stereocenters. The number of aromatic nitrogens is 2. The second-order valence-corrected chi connectivity index (χ2v) is 4.32. The van der Waals surface area contributed by atoms with Crippen LogP contribution < -0.4 is 0 Å². The minimum absolute atomic E-state index is 0.571. The molecule has 0 amide bonds. The summed E-state index contributed by atoms with van der Waals surface area (Å²) in [6.45, 7) is 0. The number of hydrogen-bond donors (Lipinski definition) is 0. The van der Waals surface area contributed by atoms with Crippen molar-refractivity contribution >= 4 is 0 Å². The molecule has 0 N–H and O–H groups in total. The van der Waals surface area contributed by atoms with Crippen molar-refractivity contribution in [2.45, 2.75) is 0 Å². The van der Waals surface area contributed by atoms with E-state index in [1.165, 1.54) is 0 Å². The van der Waals surface area contributed by atoms with Gasteiger partial charge in [-0.1, -0.05) is 42.5 Å². The Balaban J connectivity index is 2.00. The third kappa shape index (κ3) is 2.27. The molecule has 0 spiro atoms. The van der Waals surface area contributed by atoms with Gasteiger partial charge in [0.1, 0.15) is 0 Å². The van der Waals surface area contributed by atoms with Crippen LogP contribution in [-0.2, 0) is 0 Å². The van der Waals surface area contributed by atoms with Crippen molar-refractivity contribution in [3.63, 3.8) is 0 Å². The highest BCUT2D eigenvalue weighted by molar-refractivity contribution is 5.67. The fraction of sp³-hybridized carbons (Fsp3) is 0. The summed E-state index contributed by atoms with van der Waals surface area (Å²) in [5.41, 5.74) is 3.38. The van der Waals surface area contributed by atoms with E-state index in [4.69, 9.17) is 5.26 Å². The second-order valence-electron chi connectivity index (χ2n) is 4.32. The second kappa shape index (κ2) is 5.33. The Labute approximate surface area is 117 Å². The fourth-order valence-corrected chi connectivity index (χ4v) is 2.02. The molecule has 3 aromatic rings. The van der Waals surface area contributed by atoms with Gasteiger partial charge in [0, 0.05) is 23.5 Å². The number of nitrogens with zero attached hydrogens (tertiary/aromatic N) is 3. The molecule has 20 heavy (non-hydrogen) atoms. The van der Waals surface area contributed by atoms with Crippen molar-refractivity contribution in [3.8, 4) is 28.6 Å². The largest absolute Gasteiger partial charge is 0.236 e. The molecule has 0 saturated carbocycles. The van der Waals surface area contributed by atoms with E-state index in [0.717, 1.165) is 16.7 Å². The van der Waals surface area contributed by atoms with E-state index in [9.17, 15) is 0 Å². The predicted octanol–water partition coefficient (Wildman–Crippen LogP) is 3.68. The Morgan fingerprint density at radius 3 is 2.10 bits per heavy atom. The fourth-order valence-electron chi connectivity index (χ4n) is 2.02. The highest BCUT2D eigenvalue weighted by Crippen LogP contribution is 2.22. The van der Waals surface area contributed by atoms with Crippen molar-refractivity contribution in [2.24, 2.45) is 0 Å². The van der Waals surface area contributed by atoms with E-state index >= 15 is 0 Å². The smallest absolute Gasteiger partial charge is 0.160 e. The summed E-state index contributed by atoms with van der Waals surface area (Å²) in [6, 6.07) is 19.5. The van der Waals surface area contributed by atoms with Crippen LogP contribution in [0.2, 0.25) is 0 Å². The molecule has 0 fully saturated rings. The van der Waals surface area contributed by atoms with Crippen LogP contribution in [0.4, 0.5) is 0 Å². The summed E-state index contributed by atoms with van der Waals surface area (Å²) in [7, 11) is 0. The molecule has 0 aliphatic carbocycles. The molecule has 94 valence electrons. The van der Waals surface area contributed by atoms with E-state index in [1.54, 1.807) is 18.5 Å².